The van der Waals surface area contributed by atoms with Gasteiger partial charge in [0.15, 0.2) is 6.29 Å². The number of nitrogens with one attached hydrogen (secondary N) is 1. The zero-order valence-electron chi connectivity index (χ0n) is 28.4. The van der Waals surface area contributed by atoms with Crippen molar-refractivity contribution in [3.05, 3.63) is 167 Å². The van der Waals surface area contributed by atoms with Crippen LogP contribution in [0.25, 0.3) is 11.1 Å². The van der Waals surface area contributed by atoms with Gasteiger partial charge in [0, 0.05) is 63.4 Å². The maximum atomic E-state index is 12.7. The molecule has 2 fully saturated rings. The van der Waals surface area contributed by atoms with Crippen LogP contribution in [0.3, 0.4) is 0 Å². The van der Waals surface area contributed by atoms with Gasteiger partial charge in [0.2, 0.25) is 0 Å². The summed E-state index contributed by atoms with van der Waals surface area (Å²) in [5, 5.41) is 12.7. The second-order valence-electron chi connectivity index (χ2n) is 13.2. The van der Waals surface area contributed by atoms with Gasteiger partial charge in [0.05, 0.1) is 18.8 Å². The Kier molecular flexibility index (Phi) is 11.1. The third-order valence-electron chi connectivity index (χ3n) is 9.78. The fourth-order valence-corrected chi connectivity index (χ4v) is 6.94. The number of piperazine rings is 1. The summed E-state index contributed by atoms with van der Waals surface area (Å²) in [5.74, 6) is -0.0912. The predicted molar refractivity (Wildman–Crippen MR) is 196 cm³/mol. The van der Waals surface area contributed by atoms with Gasteiger partial charge in [-0.2, -0.15) is 0 Å². The second-order valence-corrected chi connectivity index (χ2v) is 13.2. The van der Waals surface area contributed by atoms with Crippen molar-refractivity contribution in [2.75, 3.05) is 32.7 Å². The number of carbonyl (C=O) groups excluding carboxylic acids is 1. The Bertz CT molecular complexity index is 1810. The van der Waals surface area contributed by atoms with Gasteiger partial charge in [0.1, 0.15) is 0 Å². The monoisotopic (exact) mass is 667 g/mol. The number of aliphatic hydroxyl groups excluding tert-OH is 1. The quantitative estimate of drug-likeness (QED) is 0.156. The molecule has 3 atom stereocenters. The van der Waals surface area contributed by atoms with E-state index in [2.05, 4.69) is 94.0 Å². The molecule has 0 unspecified atom stereocenters. The third-order valence-corrected chi connectivity index (χ3v) is 9.78. The fraction of sp³-hybridized carbons (Fsp3) is 0.279. The normalized spacial score (nSPS) is 20.0. The Morgan fingerprint density at radius 2 is 1.32 bits per heavy atom. The topological polar surface area (TPSA) is 74.3 Å². The van der Waals surface area contributed by atoms with Gasteiger partial charge in [-0.1, -0.05) is 121 Å². The lowest BCUT2D eigenvalue weighted by atomic mass is 9.97. The van der Waals surface area contributed by atoms with Crippen LogP contribution in [-0.4, -0.2) is 59.6 Å². The van der Waals surface area contributed by atoms with Crippen molar-refractivity contribution in [2.24, 2.45) is 0 Å². The number of hydrogen-bond acceptors (Lipinski definition) is 6. The van der Waals surface area contributed by atoms with Crippen molar-refractivity contribution in [2.45, 2.75) is 44.6 Å². The Hall–Kier alpha value is -4.63. The molecule has 0 aromatic heterocycles. The summed E-state index contributed by atoms with van der Waals surface area (Å²) in [6.45, 7) is 6.37. The van der Waals surface area contributed by atoms with Crippen LogP contribution >= 0.6 is 0 Å². The molecule has 0 spiro atoms. The number of hydrogen-bond donors (Lipinski definition) is 2. The Morgan fingerprint density at radius 1 is 0.680 bits per heavy atom. The molecule has 2 aliphatic rings. The van der Waals surface area contributed by atoms with E-state index in [0.29, 0.717) is 12.1 Å². The van der Waals surface area contributed by atoms with Crippen LogP contribution in [-0.2, 0) is 29.2 Å². The van der Waals surface area contributed by atoms with Crippen LogP contribution in [0.1, 0.15) is 57.0 Å². The highest BCUT2D eigenvalue weighted by Gasteiger charge is 2.34. The minimum Gasteiger partial charge on any atom is -0.392 e. The van der Waals surface area contributed by atoms with Crippen LogP contribution < -0.4 is 5.32 Å². The Balaban J connectivity index is 1.03. The first kappa shape index (κ1) is 33.8. The van der Waals surface area contributed by atoms with E-state index >= 15 is 0 Å². The number of ether oxygens (including phenoxy) is 2. The van der Waals surface area contributed by atoms with Gasteiger partial charge in [-0.3, -0.25) is 14.6 Å². The molecular formula is C43H45N3O4. The van der Waals surface area contributed by atoms with Gasteiger partial charge in [0.25, 0.3) is 5.91 Å². The van der Waals surface area contributed by atoms with Gasteiger partial charge < -0.3 is 19.9 Å². The molecule has 2 saturated heterocycles. The van der Waals surface area contributed by atoms with Gasteiger partial charge in [-0.25, -0.2) is 0 Å². The van der Waals surface area contributed by atoms with Crippen LogP contribution in [0.15, 0.2) is 133 Å². The van der Waals surface area contributed by atoms with Crippen molar-refractivity contribution >= 4 is 5.91 Å². The maximum Gasteiger partial charge on any atom is 0.251 e. The predicted octanol–water partition coefficient (Wildman–Crippen LogP) is 7.14. The first-order valence-corrected chi connectivity index (χ1v) is 17.6. The number of amides is 1. The summed E-state index contributed by atoms with van der Waals surface area (Å²) in [5.41, 5.74) is 8.14. The van der Waals surface area contributed by atoms with Crippen LogP contribution in [0.4, 0.5) is 0 Å². The van der Waals surface area contributed by atoms with E-state index < -0.39 is 6.29 Å². The summed E-state index contributed by atoms with van der Waals surface area (Å²) in [7, 11) is 0. The summed E-state index contributed by atoms with van der Waals surface area (Å²) in [6, 6.07) is 44.6. The van der Waals surface area contributed by atoms with Gasteiger partial charge >= 0.3 is 0 Å². The first-order chi connectivity index (χ1) is 24.6. The molecule has 256 valence electrons. The lowest BCUT2D eigenvalue weighted by Crippen LogP contribution is -2.49. The SMILES string of the molecule is O=C(NCc1ccccc1-c1ccc([C@H]2O[C@@H](CN3CCN(Cc4ccccc4)CC3)C[C@@H](c3ccc(CO)cc3)O2)cc1)c1ccccc1. The lowest BCUT2D eigenvalue weighted by molar-refractivity contribution is -0.253. The fourth-order valence-electron chi connectivity index (χ4n) is 6.94. The third kappa shape index (κ3) is 8.56. The van der Waals surface area contributed by atoms with Crippen LogP contribution in [0.2, 0.25) is 0 Å². The molecule has 5 aromatic rings. The van der Waals surface area contributed by atoms with E-state index in [1.54, 1.807) is 0 Å². The molecule has 2 heterocycles. The van der Waals surface area contributed by atoms with Gasteiger partial charge in [-0.15, -0.1) is 0 Å². The lowest BCUT2D eigenvalue weighted by Gasteiger charge is -2.40. The molecule has 2 N–H and O–H groups in total. The summed E-state index contributed by atoms with van der Waals surface area (Å²) in [4.78, 5) is 17.8. The number of carbonyl (C=O) groups is 1. The largest absolute Gasteiger partial charge is 0.392 e. The van der Waals surface area contributed by atoms with Crippen molar-refractivity contribution in [1.82, 2.24) is 15.1 Å². The smallest absolute Gasteiger partial charge is 0.251 e. The molecule has 7 heteroatoms. The molecule has 7 rings (SSSR count). The van der Waals surface area contributed by atoms with Crippen molar-refractivity contribution in [3.8, 4) is 11.1 Å². The molecule has 0 aliphatic carbocycles. The van der Waals surface area contributed by atoms with Crippen molar-refractivity contribution in [3.63, 3.8) is 0 Å². The Morgan fingerprint density at radius 3 is 2.04 bits per heavy atom. The van der Waals surface area contributed by atoms with Crippen LogP contribution in [0, 0.1) is 0 Å². The molecule has 5 aromatic carbocycles. The molecular weight excluding hydrogens is 622 g/mol. The molecule has 2 aliphatic heterocycles. The standard InChI is InChI=1S/C43H45N3O4/c47-31-33-15-17-35(18-16-33)41-27-39(30-46-25-23-45(24-26-46)29-32-9-3-1-4-10-32)49-43(50-41)37-21-19-34(20-22-37)40-14-8-7-13-38(40)28-44-42(48)36-11-5-2-6-12-36/h1-22,39,41,43,47H,23-31H2,(H,44,48)/t39-,41+,43+/m1/s1. The minimum atomic E-state index is -0.509. The van der Waals surface area contributed by atoms with E-state index in [0.717, 1.165) is 79.1 Å². The average molecular weight is 668 g/mol. The van der Waals surface area contributed by atoms with E-state index in [1.165, 1.54) is 5.56 Å². The van der Waals surface area contributed by atoms with Gasteiger partial charge in [-0.05, 0) is 45.5 Å². The molecule has 0 saturated carbocycles. The molecule has 0 radical (unpaired) electrons. The summed E-state index contributed by atoms with van der Waals surface area (Å²) < 4.78 is 13.4. The van der Waals surface area contributed by atoms with Crippen molar-refractivity contribution in [1.29, 1.82) is 0 Å². The number of rotatable bonds is 11. The molecule has 50 heavy (non-hydrogen) atoms. The number of aliphatic hydroxyl groups is 1. The number of nitrogens with zero attached hydrogens (tertiary/aromatic N) is 2. The average Bonchev–Trinajstić information content (AvgIpc) is 3.18. The summed E-state index contributed by atoms with van der Waals surface area (Å²) in [6.07, 6.45) is 0.134. The highest BCUT2D eigenvalue weighted by Crippen LogP contribution is 2.39. The molecule has 7 nitrogen and oxygen atoms in total. The molecule has 0 bridgehead atoms. The highest BCUT2D eigenvalue weighted by atomic mass is 16.7. The van der Waals surface area contributed by atoms with E-state index in [1.807, 2.05) is 54.6 Å². The van der Waals surface area contributed by atoms with Crippen molar-refractivity contribution < 1.29 is 19.4 Å². The van der Waals surface area contributed by atoms with Crippen LogP contribution in [0.5, 0.6) is 0 Å². The zero-order chi connectivity index (χ0) is 34.1. The summed E-state index contributed by atoms with van der Waals surface area (Å²) >= 11 is 0. The first-order valence-electron chi connectivity index (χ1n) is 17.6. The van der Waals surface area contributed by atoms with E-state index in [-0.39, 0.29) is 24.7 Å². The molecule has 1 amide bonds. The maximum absolute atomic E-state index is 12.7. The van der Waals surface area contributed by atoms with E-state index in [4.69, 9.17) is 9.47 Å². The minimum absolute atomic E-state index is 0.00516. The highest BCUT2D eigenvalue weighted by molar-refractivity contribution is 5.94. The Labute approximate surface area is 295 Å². The zero-order valence-corrected chi connectivity index (χ0v) is 28.4. The second kappa shape index (κ2) is 16.4. The van der Waals surface area contributed by atoms with E-state index in [9.17, 15) is 9.90 Å². The number of benzene rings is 5.